The Labute approximate surface area is 134 Å². The zero-order valence-corrected chi connectivity index (χ0v) is 12.8. The zero-order chi connectivity index (χ0) is 16.8. The van der Waals surface area contributed by atoms with E-state index in [-0.39, 0.29) is 17.2 Å². The Morgan fingerprint density at radius 3 is 2.35 bits per heavy atom. The third kappa shape index (κ3) is 4.48. The van der Waals surface area contributed by atoms with E-state index in [0.29, 0.717) is 31.9 Å². The summed E-state index contributed by atoms with van der Waals surface area (Å²) in [5.74, 6) is -0.381. The molecule has 23 heavy (non-hydrogen) atoms. The molecule has 2 amide bonds. The van der Waals surface area contributed by atoms with Gasteiger partial charge in [-0.15, -0.1) is 0 Å². The van der Waals surface area contributed by atoms with Crippen molar-refractivity contribution in [1.82, 2.24) is 9.80 Å². The maximum absolute atomic E-state index is 12.1. The van der Waals surface area contributed by atoms with Gasteiger partial charge in [-0.25, -0.2) is 0 Å². The second-order valence-corrected chi connectivity index (χ2v) is 5.20. The molecule has 7 nitrogen and oxygen atoms in total. The summed E-state index contributed by atoms with van der Waals surface area (Å²) in [5, 5.41) is 21.0. The highest BCUT2D eigenvalue weighted by atomic mass is 16.3. The minimum absolute atomic E-state index is 0.00523. The number of piperazine rings is 1. The fourth-order valence-electron chi connectivity index (χ4n) is 2.23. The first-order valence-electron chi connectivity index (χ1n) is 7.21. The van der Waals surface area contributed by atoms with E-state index in [1.54, 1.807) is 17.0 Å². The van der Waals surface area contributed by atoms with E-state index in [9.17, 15) is 20.0 Å². The lowest BCUT2D eigenvalue weighted by atomic mass is 10.2. The largest absolute Gasteiger partial charge is 0.508 e. The lowest BCUT2D eigenvalue weighted by molar-refractivity contribution is -0.130. The van der Waals surface area contributed by atoms with Gasteiger partial charge < -0.3 is 20.2 Å². The van der Waals surface area contributed by atoms with Crippen molar-refractivity contribution in [2.45, 2.75) is 6.92 Å². The van der Waals surface area contributed by atoms with Crippen LogP contribution in [-0.4, -0.2) is 52.9 Å². The number of phenolic OH excluding ortho intramolecular Hbond substituents is 1. The van der Waals surface area contributed by atoms with Gasteiger partial charge in [0.15, 0.2) is 0 Å². The molecule has 0 spiro atoms. The molecule has 0 atom stereocenters. The van der Waals surface area contributed by atoms with Gasteiger partial charge in [-0.05, 0) is 24.3 Å². The third-order valence-corrected chi connectivity index (χ3v) is 3.56. The molecule has 1 aromatic rings. The summed E-state index contributed by atoms with van der Waals surface area (Å²) in [6.07, 6.45) is 1.52. The molecule has 7 heteroatoms. The monoisotopic (exact) mass is 314 g/mol. The molecule has 1 aromatic carbocycles. The first kappa shape index (κ1) is 16.4. The van der Waals surface area contributed by atoms with Gasteiger partial charge in [-0.2, -0.15) is 5.26 Å². The summed E-state index contributed by atoms with van der Waals surface area (Å²) in [6, 6.07) is 7.89. The van der Waals surface area contributed by atoms with E-state index in [1.807, 2.05) is 11.0 Å². The molecule has 0 bridgehead atoms. The number of carbonyl (C=O) groups excluding carboxylic acids is 2. The quantitative estimate of drug-likeness (QED) is 0.491. The van der Waals surface area contributed by atoms with Gasteiger partial charge in [-0.3, -0.25) is 9.59 Å². The average Bonchev–Trinajstić information content (AvgIpc) is 2.55. The molecule has 0 aliphatic carbocycles. The number of aromatic hydroxyl groups is 1. The topological polar surface area (TPSA) is 96.7 Å². The highest BCUT2D eigenvalue weighted by Gasteiger charge is 2.18. The number of nitrogens with zero attached hydrogens (tertiary/aromatic N) is 3. The van der Waals surface area contributed by atoms with Crippen molar-refractivity contribution >= 4 is 17.5 Å². The highest BCUT2D eigenvalue weighted by Crippen LogP contribution is 2.15. The number of rotatable bonds is 3. The molecule has 1 heterocycles. The van der Waals surface area contributed by atoms with Gasteiger partial charge in [-0.1, -0.05) is 0 Å². The number of hydrogen-bond donors (Lipinski definition) is 2. The van der Waals surface area contributed by atoms with Gasteiger partial charge >= 0.3 is 0 Å². The van der Waals surface area contributed by atoms with E-state index in [2.05, 4.69) is 5.32 Å². The number of amides is 2. The minimum atomic E-state index is -0.507. The fourth-order valence-corrected chi connectivity index (χ4v) is 2.23. The molecule has 1 aliphatic rings. The van der Waals surface area contributed by atoms with E-state index >= 15 is 0 Å². The maximum atomic E-state index is 12.1. The van der Waals surface area contributed by atoms with Crippen LogP contribution in [0, 0.1) is 11.3 Å². The summed E-state index contributed by atoms with van der Waals surface area (Å²) in [5.41, 5.74) is 0.490. The van der Waals surface area contributed by atoms with Crippen LogP contribution in [0.4, 0.5) is 5.69 Å². The Hall–Kier alpha value is -3.01. The molecule has 2 rings (SSSR count). The highest BCUT2D eigenvalue weighted by molar-refractivity contribution is 6.06. The van der Waals surface area contributed by atoms with Gasteiger partial charge in [0.25, 0.3) is 5.91 Å². The van der Waals surface area contributed by atoms with Crippen molar-refractivity contribution in [3.63, 3.8) is 0 Å². The first-order valence-corrected chi connectivity index (χ1v) is 7.21. The van der Waals surface area contributed by atoms with Crippen LogP contribution >= 0.6 is 0 Å². The predicted molar refractivity (Wildman–Crippen MR) is 84.3 cm³/mol. The van der Waals surface area contributed by atoms with Crippen molar-refractivity contribution in [2.24, 2.45) is 0 Å². The Morgan fingerprint density at radius 2 is 1.83 bits per heavy atom. The number of carbonyl (C=O) groups is 2. The summed E-state index contributed by atoms with van der Waals surface area (Å²) < 4.78 is 0. The van der Waals surface area contributed by atoms with Crippen LogP contribution in [0.25, 0.3) is 0 Å². The molecule has 2 N–H and O–H groups in total. The van der Waals surface area contributed by atoms with Crippen molar-refractivity contribution in [3.8, 4) is 11.8 Å². The fraction of sp³-hybridized carbons (Fsp3) is 0.312. The van der Waals surface area contributed by atoms with E-state index in [0.717, 1.165) is 0 Å². The van der Waals surface area contributed by atoms with Crippen molar-refractivity contribution in [2.75, 3.05) is 31.5 Å². The number of nitrogens with one attached hydrogen (secondary N) is 1. The van der Waals surface area contributed by atoms with E-state index < -0.39 is 5.91 Å². The molecular formula is C16H18N4O3. The molecule has 1 fully saturated rings. The predicted octanol–water partition coefficient (Wildman–Crippen LogP) is 0.902. The Morgan fingerprint density at radius 1 is 1.22 bits per heavy atom. The second-order valence-electron chi connectivity index (χ2n) is 5.20. The van der Waals surface area contributed by atoms with Crippen molar-refractivity contribution in [1.29, 1.82) is 5.26 Å². The third-order valence-electron chi connectivity index (χ3n) is 3.56. The van der Waals surface area contributed by atoms with Crippen LogP contribution in [0.3, 0.4) is 0 Å². The number of hydrogen-bond acceptors (Lipinski definition) is 5. The van der Waals surface area contributed by atoms with Crippen LogP contribution in [0.1, 0.15) is 6.92 Å². The van der Waals surface area contributed by atoms with Crippen LogP contribution < -0.4 is 5.32 Å². The molecule has 1 saturated heterocycles. The summed E-state index contributed by atoms with van der Waals surface area (Å²) in [7, 11) is 0. The van der Waals surface area contributed by atoms with Gasteiger partial charge in [0.2, 0.25) is 5.91 Å². The van der Waals surface area contributed by atoms with Crippen LogP contribution in [-0.2, 0) is 9.59 Å². The SMILES string of the molecule is CC(=O)N1CCN(/C=C(/C#N)C(=O)Nc2ccc(O)cc2)CC1. The number of anilines is 1. The van der Waals surface area contributed by atoms with Gasteiger partial charge in [0.1, 0.15) is 17.4 Å². The summed E-state index contributed by atoms with van der Waals surface area (Å²) >= 11 is 0. The number of phenols is 1. The van der Waals surface area contributed by atoms with Crippen molar-refractivity contribution in [3.05, 3.63) is 36.0 Å². The molecule has 0 saturated carbocycles. The number of benzene rings is 1. The lowest BCUT2D eigenvalue weighted by Crippen LogP contribution is -2.46. The molecule has 120 valence electrons. The normalized spacial score (nSPS) is 15.0. The van der Waals surface area contributed by atoms with Crippen LogP contribution in [0.15, 0.2) is 36.0 Å². The van der Waals surface area contributed by atoms with Crippen LogP contribution in [0.2, 0.25) is 0 Å². The molecule has 0 unspecified atom stereocenters. The lowest BCUT2D eigenvalue weighted by Gasteiger charge is -2.33. The molecule has 0 aromatic heterocycles. The Balaban J connectivity index is 1.99. The minimum Gasteiger partial charge on any atom is -0.508 e. The molecule has 1 aliphatic heterocycles. The van der Waals surface area contributed by atoms with Gasteiger partial charge in [0, 0.05) is 45.0 Å². The van der Waals surface area contributed by atoms with Crippen LogP contribution in [0.5, 0.6) is 5.75 Å². The van der Waals surface area contributed by atoms with Gasteiger partial charge in [0.05, 0.1) is 0 Å². The summed E-state index contributed by atoms with van der Waals surface area (Å²) in [6.45, 7) is 3.83. The molecule has 0 radical (unpaired) electrons. The second kappa shape index (κ2) is 7.31. The van der Waals surface area contributed by atoms with E-state index in [4.69, 9.17) is 0 Å². The Bertz CT molecular complexity index is 653. The Kier molecular flexibility index (Phi) is 5.20. The average molecular weight is 314 g/mol. The van der Waals surface area contributed by atoms with Crippen molar-refractivity contribution < 1.29 is 14.7 Å². The zero-order valence-electron chi connectivity index (χ0n) is 12.8. The summed E-state index contributed by atoms with van der Waals surface area (Å²) in [4.78, 5) is 27.0. The first-order chi connectivity index (χ1) is 11.0. The maximum Gasteiger partial charge on any atom is 0.267 e. The number of nitriles is 1. The standard InChI is InChI=1S/C16H18N4O3/c1-12(21)20-8-6-19(7-9-20)11-13(10-17)16(23)18-14-2-4-15(22)5-3-14/h2-5,11,22H,6-9H2,1H3,(H,18,23)/b13-11-. The molecular weight excluding hydrogens is 296 g/mol. The van der Waals surface area contributed by atoms with E-state index in [1.165, 1.54) is 25.3 Å². The smallest absolute Gasteiger partial charge is 0.267 e.